The van der Waals surface area contributed by atoms with Crippen molar-refractivity contribution in [3.05, 3.63) is 71.8 Å². The Morgan fingerprint density at radius 1 is 1.00 bits per heavy atom. The van der Waals surface area contributed by atoms with Gasteiger partial charge in [-0.25, -0.2) is 0 Å². The average Bonchev–Trinajstić information content (AvgIpc) is 2.46. The Labute approximate surface area is 112 Å². The van der Waals surface area contributed by atoms with Gasteiger partial charge in [0.05, 0.1) is 6.04 Å². The van der Waals surface area contributed by atoms with Crippen molar-refractivity contribution < 1.29 is 0 Å². The molecule has 0 aromatic heterocycles. The predicted octanol–water partition coefficient (Wildman–Crippen LogP) is 3.80. The third-order valence-corrected chi connectivity index (χ3v) is 3.29. The summed E-state index contributed by atoms with van der Waals surface area (Å²) in [6.07, 6.45) is 0. The summed E-state index contributed by atoms with van der Waals surface area (Å²) in [5, 5.41) is 6.58. The first-order chi connectivity index (χ1) is 8.81. The molecule has 2 aromatic rings. The molecule has 1 atom stereocenters. The summed E-state index contributed by atoms with van der Waals surface area (Å²) in [7, 11) is 0. The highest BCUT2D eigenvalue weighted by Crippen LogP contribution is 2.19. The van der Waals surface area contributed by atoms with E-state index in [1.165, 1.54) is 17.5 Å². The van der Waals surface area contributed by atoms with E-state index in [0.717, 1.165) is 10.6 Å². The minimum absolute atomic E-state index is 0.109. The molecule has 0 aliphatic rings. The molecule has 0 saturated heterocycles. The summed E-state index contributed by atoms with van der Waals surface area (Å²) in [6.45, 7) is 2.08. The molecule has 1 unspecified atom stereocenters. The Morgan fingerprint density at radius 2 is 1.56 bits per heavy atom. The molecular weight excluding hydrogens is 240 g/mol. The van der Waals surface area contributed by atoms with Gasteiger partial charge in [0, 0.05) is 5.56 Å². The van der Waals surface area contributed by atoms with Crippen LogP contribution in [0.3, 0.4) is 0 Å². The normalized spacial score (nSPS) is 13.3. The summed E-state index contributed by atoms with van der Waals surface area (Å²) in [6, 6.07) is 20.4. The lowest BCUT2D eigenvalue weighted by Gasteiger charge is -2.09. The standard InChI is InChI=1S/C15H16N2S/c1-12(13-8-4-2-5-9-13)17-15(18-16)14-10-6-3-7-11-14/h2-12H,16H2,1H3. The second-order valence-corrected chi connectivity index (χ2v) is 4.63. The van der Waals surface area contributed by atoms with Crippen molar-refractivity contribution in [1.29, 1.82) is 0 Å². The van der Waals surface area contributed by atoms with Crippen LogP contribution in [0, 0.1) is 0 Å². The van der Waals surface area contributed by atoms with Gasteiger partial charge in [0.15, 0.2) is 0 Å². The lowest BCUT2D eigenvalue weighted by atomic mass is 10.1. The fourth-order valence-electron chi connectivity index (χ4n) is 1.74. The van der Waals surface area contributed by atoms with Crippen LogP contribution >= 0.6 is 11.9 Å². The van der Waals surface area contributed by atoms with Gasteiger partial charge >= 0.3 is 0 Å². The highest BCUT2D eigenvalue weighted by molar-refractivity contribution is 8.12. The first-order valence-electron chi connectivity index (χ1n) is 5.86. The molecule has 18 heavy (non-hydrogen) atoms. The van der Waals surface area contributed by atoms with E-state index >= 15 is 0 Å². The minimum atomic E-state index is 0.109. The van der Waals surface area contributed by atoms with E-state index in [4.69, 9.17) is 10.1 Å². The number of aliphatic imine (C=N–C) groups is 1. The zero-order valence-corrected chi connectivity index (χ0v) is 11.1. The van der Waals surface area contributed by atoms with E-state index in [-0.39, 0.29) is 6.04 Å². The fraction of sp³-hybridized carbons (Fsp3) is 0.133. The Bertz CT molecular complexity index is 509. The van der Waals surface area contributed by atoms with Crippen LogP contribution in [0.2, 0.25) is 0 Å². The van der Waals surface area contributed by atoms with E-state index in [1.54, 1.807) is 0 Å². The summed E-state index contributed by atoms with van der Waals surface area (Å²) in [5.74, 6) is 0. The highest BCUT2D eigenvalue weighted by Gasteiger charge is 2.07. The Kier molecular flexibility index (Phi) is 4.56. The zero-order chi connectivity index (χ0) is 12.8. The molecule has 0 radical (unpaired) electrons. The van der Waals surface area contributed by atoms with Gasteiger partial charge < -0.3 is 0 Å². The van der Waals surface area contributed by atoms with Gasteiger partial charge in [-0.05, 0) is 24.4 Å². The highest BCUT2D eigenvalue weighted by atomic mass is 32.2. The largest absolute Gasteiger partial charge is 0.272 e. The number of hydrogen-bond acceptors (Lipinski definition) is 3. The second kappa shape index (κ2) is 6.38. The summed E-state index contributed by atoms with van der Waals surface area (Å²) >= 11 is 1.20. The van der Waals surface area contributed by atoms with Gasteiger partial charge in [0.1, 0.15) is 5.04 Å². The lowest BCUT2D eigenvalue weighted by Crippen LogP contribution is -2.02. The second-order valence-electron chi connectivity index (χ2n) is 4.00. The molecule has 0 spiro atoms. The first kappa shape index (κ1) is 12.9. The Morgan fingerprint density at radius 3 is 2.11 bits per heavy atom. The van der Waals surface area contributed by atoms with Crippen molar-refractivity contribution in [3.63, 3.8) is 0 Å². The van der Waals surface area contributed by atoms with Crippen molar-refractivity contribution in [3.8, 4) is 0 Å². The molecule has 2 N–H and O–H groups in total. The van der Waals surface area contributed by atoms with Crippen LogP contribution in [0.4, 0.5) is 0 Å². The van der Waals surface area contributed by atoms with Crippen LogP contribution in [0.15, 0.2) is 65.7 Å². The quantitative estimate of drug-likeness (QED) is 0.515. The third kappa shape index (κ3) is 3.22. The van der Waals surface area contributed by atoms with Crippen molar-refractivity contribution in [2.45, 2.75) is 13.0 Å². The molecule has 0 amide bonds. The van der Waals surface area contributed by atoms with Crippen molar-refractivity contribution in [2.75, 3.05) is 0 Å². The van der Waals surface area contributed by atoms with Crippen LogP contribution in [-0.4, -0.2) is 5.04 Å². The zero-order valence-electron chi connectivity index (χ0n) is 10.3. The van der Waals surface area contributed by atoms with Crippen LogP contribution in [0.1, 0.15) is 24.1 Å². The summed E-state index contributed by atoms with van der Waals surface area (Å²) in [4.78, 5) is 4.69. The van der Waals surface area contributed by atoms with E-state index < -0.39 is 0 Å². The van der Waals surface area contributed by atoms with E-state index in [0.29, 0.717) is 0 Å². The molecule has 0 fully saturated rings. The van der Waals surface area contributed by atoms with Gasteiger partial charge in [-0.3, -0.25) is 10.1 Å². The molecule has 0 heterocycles. The van der Waals surface area contributed by atoms with Crippen LogP contribution in [0.5, 0.6) is 0 Å². The maximum atomic E-state index is 5.72. The molecule has 0 aliphatic carbocycles. The monoisotopic (exact) mass is 256 g/mol. The minimum Gasteiger partial charge on any atom is -0.272 e. The van der Waals surface area contributed by atoms with Gasteiger partial charge in [-0.1, -0.05) is 60.7 Å². The van der Waals surface area contributed by atoms with Gasteiger partial charge in [0.25, 0.3) is 0 Å². The van der Waals surface area contributed by atoms with Crippen molar-refractivity contribution in [1.82, 2.24) is 0 Å². The predicted molar refractivity (Wildman–Crippen MR) is 79.6 cm³/mol. The van der Waals surface area contributed by atoms with Crippen molar-refractivity contribution in [2.24, 2.45) is 10.1 Å². The van der Waals surface area contributed by atoms with Crippen LogP contribution < -0.4 is 5.14 Å². The summed E-state index contributed by atoms with van der Waals surface area (Å²) < 4.78 is 0. The SMILES string of the molecule is CC(N=C(SN)c1ccccc1)c1ccccc1. The summed E-state index contributed by atoms with van der Waals surface area (Å²) in [5.41, 5.74) is 2.26. The maximum absolute atomic E-state index is 5.72. The first-order valence-corrected chi connectivity index (χ1v) is 6.74. The number of benzene rings is 2. The fourth-order valence-corrected chi connectivity index (χ4v) is 2.23. The van der Waals surface area contributed by atoms with E-state index in [2.05, 4.69) is 19.1 Å². The molecule has 2 nitrogen and oxygen atoms in total. The number of hydrogen-bond donors (Lipinski definition) is 1. The molecule has 92 valence electrons. The topological polar surface area (TPSA) is 38.4 Å². The smallest absolute Gasteiger partial charge is 0.113 e. The molecular formula is C15H16N2S. The molecule has 0 saturated carbocycles. The Hall–Kier alpha value is -1.58. The molecule has 0 aliphatic heterocycles. The van der Waals surface area contributed by atoms with E-state index in [9.17, 15) is 0 Å². The average molecular weight is 256 g/mol. The maximum Gasteiger partial charge on any atom is 0.113 e. The number of nitrogens with zero attached hydrogens (tertiary/aromatic N) is 1. The third-order valence-electron chi connectivity index (χ3n) is 2.73. The number of nitrogens with two attached hydrogens (primary N) is 1. The van der Waals surface area contributed by atoms with Gasteiger partial charge in [0.2, 0.25) is 0 Å². The Balaban J connectivity index is 2.25. The van der Waals surface area contributed by atoms with E-state index in [1.807, 2.05) is 48.5 Å². The lowest BCUT2D eigenvalue weighted by molar-refractivity contribution is 0.824. The van der Waals surface area contributed by atoms with Crippen molar-refractivity contribution >= 4 is 17.0 Å². The van der Waals surface area contributed by atoms with Crippen LogP contribution in [0.25, 0.3) is 0 Å². The van der Waals surface area contributed by atoms with Crippen LogP contribution in [-0.2, 0) is 0 Å². The molecule has 0 bridgehead atoms. The number of rotatable bonds is 3. The van der Waals surface area contributed by atoms with Gasteiger partial charge in [-0.2, -0.15) is 0 Å². The molecule has 2 aromatic carbocycles. The molecule has 3 heteroatoms. The van der Waals surface area contributed by atoms with Gasteiger partial charge in [-0.15, -0.1) is 0 Å². The molecule has 2 rings (SSSR count).